The van der Waals surface area contributed by atoms with E-state index in [0.29, 0.717) is 0 Å². The van der Waals surface area contributed by atoms with Crippen molar-refractivity contribution < 1.29 is 9.53 Å². The maximum Gasteiger partial charge on any atom is 0.325 e. The maximum atomic E-state index is 8.16. The van der Waals surface area contributed by atoms with E-state index in [1.807, 2.05) is 0 Å². The van der Waals surface area contributed by atoms with E-state index in [9.17, 15) is 0 Å². The number of hydrogen-bond acceptors (Lipinski definition) is 4. The highest BCUT2D eigenvalue weighted by Gasteiger charge is 2.04. The molecule has 6 nitrogen and oxygen atoms in total. The molecule has 0 spiro atoms. The Kier molecular flexibility index (Phi) is 2.68. The molecule has 62 valence electrons. The van der Waals surface area contributed by atoms with Crippen LogP contribution in [0, 0.1) is 0 Å². The van der Waals surface area contributed by atoms with Crippen molar-refractivity contribution in [2.45, 2.75) is 0 Å². The molecule has 0 saturated heterocycles. The molecule has 1 rings (SSSR count). The molecule has 0 saturated carbocycles. The molecule has 0 unspecified atom stereocenters. The van der Waals surface area contributed by atoms with Gasteiger partial charge in [0, 0.05) is 0 Å². The molecule has 0 aromatic carbocycles. The first-order chi connectivity index (χ1) is 5.76. The summed E-state index contributed by atoms with van der Waals surface area (Å²) in [6.07, 6.45) is 1.02. The number of rotatable bonds is 2. The summed E-state index contributed by atoms with van der Waals surface area (Å²) < 4.78 is 4.69. The van der Waals surface area contributed by atoms with Gasteiger partial charge in [-0.25, -0.2) is 0 Å². The Labute approximate surface area is 72.8 Å². The van der Waals surface area contributed by atoms with Crippen molar-refractivity contribution in [1.29, 1.82) is 0 Å². The van der Waals surface area contributed by atoms with Gasteiger partial charge in [0.05, 0.1) is 7.11 Å². The highest BCUT2D eigenvalue weighted by atomic mass is 35.5. The third kappa shape index (κ3) is 1.98. The van der Waals surface area contributed by atoms with Crippen LogP contribution < -0.4 is 4.74 Å². The number of hydrogen-bond donors (Lipinski definition) is 0. The van der Waals surface area contributed by atoms with Gasteiger partial charge in [0.1, 0.15) is 0 Å². The van der Waals surface area contributed by atoms with E-state index in [1.165, 1.54) is 7.11 Å². The van der Waals surface area contributed by atoms with Crippen LogP contribution in [0.15, 0.2) is 0 Å². The predicted octanol–water partition coefficient (Wildman–Crippen LogP) is 0.182. The second-order valence-corrected chi connectivity index (χ2v) is 2.03. The lowest BCUT2D eigenvalue weighted by Gasteiger charge is -1.95. The van der Waals surface area contributed by atoms with Gasteiger partial charge in [0.15, 0.2) is 0 Å². The summed E-state index contributed by atoms with van der Waals surface area (Å²) >= 11 is 5.48. The quantitative estimate of drug-likeness (QED) is 0.374. The van der Waals surface area contributed by atoms with Gasteiger partial charge < -0.3 is 10.3 Å². The minimum atomic E-state index is -0.0169. The minimum absolute atomic E-state index is 0.0169. The van der Waals surface area contributed by atoms with Gasteiger partial charge in [-0.3, -0.25) is 0 Å². The molecule has 0 bridgehead atoms. The van der Waals surface area contributed by atoms with Crippen LogP contribution in [0.2, 0.25) is 5.28 Å². The first-order valence-corrected chi connectivity index (χ1v) is 3.27. The molecule has 0 atom stereocenters. The van der Waals surface area contributed by atoms with Crippen molar-refractivity contribution in [3.05, 3.63) is 16.6 Å². The molecule has 1 aromatic rings. The van der Waals surface area contributed by atoms with Gasteiger partial charge in [-0.2, -0.15) is 19.7 Å². The molecular formula is C5H4ClN5O. The summed E-state index contributed by atoms with van der Waals surface area (Å²) in [6, 6.07) is 0.0740. The van der Waals surface area contributed by atoms with E-state index in [0.717, 1.165) is 6.21 Å². The summed E-state index contributed by atoms with van der Waals surface area (Å²) in [6.45, 7) is 0. The van der Waals surface area contributed by atoms with Gasteiger partial charge in [-0.15, -0.1) is 0 Å². The molecule has 0 aliphatic carbocycles. The molecule has 0 fully saturated rings. The van der Waals surface area contributed by atoms with Crippen LogP contribution in [0.3, 0.4) is 0 Å². The lowest BCUT2D eigenvalue weighted by molar-refractivity contribution is 0.00387. The first-order valence-electron chi connectivity index (χ1n) is 2.89. The second kappa shape index (κ2) is 3.75. The fraction of sp³-hybridized carbons (Fsp3) is 0.200. The van der Waals surface area contributed by atoms with Gasteiger partial charge in [-0.05, 0) is 11.6 Å². The molecular weight excluding hydrogens is 182 g/mol. The van der Waals surface area contributed by atoms with Gasteiger partial charge >= 0.3 is 12.2 Å². The van der Waals surface area contributed by atoms with Crippen LogP contribution in [0.5, 0.6) is 6.01 Å². The van der Waals surface area contributed by atoms with Gasteiger partial charge in [0.25, 0.3) is 0 Å². The fourth-order valence-corrected chi connectivity index (χ4v) is 0.706. The zero-order valence-electron chi connectivity index (χ0n) is 6.10. The molecule has 0 N–H and O–H groups in total. The summed E-state index contributed by atoms with van der Waals surface area (Å²) in [5.41, 5.74) is 8.16. The van der Waals surface area contributed by atoms with Crippen molar-refractivity contribution in [3.8, 4) is 6.01 Å². The van der Waals surface area contributed by atoms with E-state index in [1.54, 1.807) is 0 Å². The first kappa shape index (κ1) is 8.58. The molecule has 0 radical (unpaired) electrons. The van der Waals surface area contributed by atoms with Crippen LogP contribution in [0.25, 0.3) is 5.53 Å². The number of aromatic nitrogens is 3. The van der Waals surface area contributed by atoms with E-state index in [4.69, 9.17) is 21.9 Å². The Hall–Kier alpha value is -1.52. The van der Waals surface area contributed by atoms with Crippen molar-refractivity contribution in [2.75, 3.05) is 7.11 Å². The Morgan fingerprint density at radius 3 is 2.83 bits per heavy atom. The van der Waals surface area contributed by atoms with Crippen molar-refractivity contribution in [1.82, 2.24) is 15.0 Å². The summed E-state index contributed by atoms with van der Waals surface area (Å²) in [5, 5.41) is -0.0169. The van der Waals surface area contributed by atoms with Crippen LogP contribution >= 0.6 is 11.6 Å². The maximum absolute atomic E-state index is 8.16. The highest BCUT2D eigenvalue weighted by Crippen LogP contribution is 2.05. The molecule has 1 heterocycles. The zero-order chi connectivity index (χ0) is 8.97. The fourth-order valence-electron chi connectivity index (χ4n) is 0.547. The second-order valence-electron chi connectivity index (χ2n) is 1.69. The van der Waals surface area contributed by atoms with E-state index in [-0.39, 0.29) is 17.1 Å². The number of methoxy groups -OCH3 is 1. The van der Waals surface area contributed by atoms with Crippen molar-refractivity contribution in [2.24, 2.45) is 0 Å². The van der Waals surface area contributed by atoms with E-state index < -0.39 is 0 Å². The molecule has 0 aliphatic heterocycles. The van der Waals surface area contributed by atoms with E-state index in [2.05, 4.69) is 19.7 Å². The zero-order valence-corrected chi connectivity index (χ0v) is 6.86. The SMILES string of the molecule is COc1nc(Cl)nc(C=[N+]=[N-])n1. The topological polar surface area (TPSA) is 84.3 Å². The largest absolute Gasteiger partial charge is 0.467 e. The van der Waals surface area contributed by atoms with Crippen LogP contribution in [-0.2, 0) is 0 Å². The third-order valence-electron chi connectivity index (χ3n) is 0.961. The minimum Gasteiger partial charge on any atom is -0.467 e. The number of ether oxygens (including phenoxy) is 1. The van der Waals surface area contributed by atoms with Crippen molar-refractivity contribution >= 4 is 17.8 Å². The molecule has 12 heavy (non-hydrogen) atoms. The average molecular weight is 186 g/mol. The Bertz CT molecular complexity index is 335. The smallest absolute Gasteiger partial charge is 0.325 e. The summed E-state index contributed by atoms with van der Waals surface area (Å²) in [7, 11) is 1.39. The summed E-state index contributed by atoms with van der Waals surface area (Å²) in [5.74, 6) is 0.134. The van der Waals surface area contributed by atoms with E-state index >= 15 is 0 Å². The summed E-state index contributed by atoms with van der Waals surface area (Å²) in [4.78, 5) is 13.7. The van der Waals surface area contributed by atoms with Crippen LogP contribution in [-0.4, -0.2) is 33.1 Å². The number of nitrogens with zero attached hydrogens (tertiary/aromatic N) is 5. The molecule has 1 aromatic heterocycles. The molecule has 0 aliphatic rings. The van der Waals surface area contributed by atoms with Gasteiger partial charge in [0.2, 0.25) is 11.1 Å². The predicted molar refractivity (Wildman–Crippen MR) is 40.2 cm³/mol. The third-order valence-corrected chi connectivity index (χ3v) is 1.13. The Balaban J connectivity index is 3.14. The molecule has 0 amide bonds. The van der Waals surface area contributed by atoms with Gasteiger partial charge in [-0.1, -0.05) is 0 Å². The van der Waals surface area contributed by atoms with Crippen molar-refractivity contribution in [3.63, 3.8) is 0 Å². The highest BCUT2D eigenvalue weighted by molar-refractivity contribution is 6.28. The Morgan fingerprint density at radius 2 is 2.25 bits per heavy atom. The number of halogens is 1. The monoisotopic (exact) mass is 185 g/mol. The molecule has 7 heteroatoms. The normalized spacial score (nSPS) is 8.83. The van der Waals surface area contributed by atoms with Crippen LogP contribution in [0.4, 0.5) is 0 Å². The average Bonchev–Trinajstić information content (AvgIpc) is 2.04. The lowest BCUT2D eigenvalue weighted by atomic mass is 10.7. The lowest BCUT2D eigenvalue weighted by Crippen LogP contribution is -2.00. The Morgan fingerprint density at radius 1 is 1.50 bits per heavy atom. The standard InChI is InChI=1S/C5H4ClN5O/c1-12-5-10-3(2-8-7)9-4(6)11-5/h2H,1H3. The van der Waals surface area contributed by atoms with Crippen LogP contribution in [0.1, 0.15) is 5.82 Å².